The maximum atomic E-state index is 13.0. The molecule has 9 heteroatoms. The second kappa shape index (κ2) is 10.1. The molecule has 0 aromatic heterocycles. The lowest BCUT2D eigenvalue weighted by Crippen LogP contribution is -2.46. The Morgan fingerprint density at radius 1 is 1.17 bits per heavy atom. The van der Waals surface area contributed by atoms with Crippen molar-refractivity contribution in [2.24, 2.45) is 5.92 Å². The van der Waals surface area contributed by atoms with Crippen LogP contribution < -0.4 is 5.32 Å². The summed E-state index contributed by atoms with van der Waals surface area (Å²) >= 11 is 12.0. The minimum absolute atomic E-state index is 0.149. The predicted molar refractivity (Wildman–Crippen MR) is 116 cm³/mol. The van der Waals surface area contributed by atoms with E-state index < -0.39 is 15.9 Å². The van der Waals surface area contributed by atoms with E-state index in [-0.39, 0.29) is 24.0 Å². The number of piperidine rings is 1. The largest absolute Gasteiger partial charge is 0.355 e. The molecule has 1 saturated heterocycles. The molecular weight excluding hydrogens is 450 g/mol. The van der Waals surface area contributed by atoms with Gasteiger partial charge in [-0.3, -0.25) is 4.79 Å². The quantitative estimate of drug-likeness (QED) is 0.661. The van der Waals surface area contributed by atoms with Crippen LogP contribution in [0.3, 0.4) is 0 Å². The summed E-state index contributed by atoms with van der Waals surface area (Å²) in [7, 11) is -3.62. The molecule has 1 amide bonds. The van der Waals surface area contributed by atoms with Crippen molar-refractivity contribution >= 4 is 39.1 Å². The Balaban J connectivity index is 1.55. The molecule has 0 saturated carbocycles. The van der Waals surface area contributed by atoms with Crippen LogP contribution in [0.1, 0.15) is 24.0 Å². The lowest BCUT2D eigenvalue weighted by molar-refractivity contribution is -0.126. The standard InChI is InChI=1S/C21H23Cl2FN2O3S/c22-18-6-5-17(20(23)12-18)14-30(28,29)26-11-1-2-16(13-26)21(27)25-10-9-15-3-7-19(24)8-4-15/h3-8,12,16H,1-2,9-11,13-14H2,(H,25,27). The van der Waals surface area contributed by atoms with Gasteiger partial charge in [0.05, 0.1) is 11.7 Å². The number of rotatable bonds is 7. The van der Waals surface area contributed by atoms with E-state index in [1.165, 1.54) is 22.5 Å². The molecule has 1 unspecified atom stereocenters. The number of hydrogen-bond acceptors (Lipinski definition) is 3. The van der Waals surface area contributed by atoms with E-state index in [1.54, 1.807) is 24.3 Å². The first-order valence-electron chi connectivity index (χ1n) is 9.68. The zero-order valence-corrected chi connectivity index (χ0v) is 18.6. The molecule has 0 radical (unpaired) electrons. The van der Waals surface area contributed by atoms with E-state index in [9.17, 15) is 17.6 Å². The first-order valence-corrected chi connectivity index (χ1v) is 12.0. The third-order valence-corrected chi connectivity index (χ3v) is 7.51. The number of carbonyl (C=O) groups is 1. The highest BCUT2D eigenvalue weighted by atomic mass is 35.5. The summed E-state index contributed by atoms with van der Waals surface area (Å²) in [5, 5.41) is 3.61. The van der Waals surface area contributed by atoms with Crippen LogP contribution >= 0.6 is 23.2 Å². The zero-order valence-electron chi connectivity index (χ0n) is 16.3. The molecule has 5 nitrogen and oxygen atoms in total. The van der Waals surface area contributed by atoms with Crippen molar-refractivity contribution < 1.29 is 17.6 Å². The SMILES string of the molecule is O=C(NCCc1ccc(F)cc1)C1CCCN(S(=O)(=O)Cc2ccc(Cl)cc2Cl)C1. The highest BCUT2D eigenvalue weighted by Gasteiger charge is 2.32. The first-order chi connectivity index (χ1) is 14.2. The van der Waals surface area contributed by atoms with Crippen LogP contribution in [-0.2, 0) is 27.0 Å². The van der Waals surface area contributed by atoms with Gasteiger partial charge in [0.1, 0.15) is 5.82 Å². The van der Waals surface area contributed by atoms with Gasteiger partial charge >= 0.3 is 0 Å². The van der Waals surface area contributed by atoms with E-state index in [1.807, 2.05) is 0 Å². The summed E-state index contributed by atoms with van der Waals surface area (Å²) < 4.78 is 40.0. The van der Waals surface area contributed by atoms with Crippen molar-refractivity contribution in [3.05, 3.63) is 69.5 Å². The smallest absolute Gasteiger partial charge is 0.224 e. The van der Waals surface area contributed by atoms with Gasteiger partial charge in [-0.25, -0.2) is 17.1 Å². The molecule has 2 aromatic carbocycles. The Labute approximate surface area is 186 Å². The molecule has 2 aromatic rings. The second-order valence-corrected chi connectivity index (χ2v) is 10.2. The van der Waals surface area contributed by atoms with Gasteiger partial charge in [-0.1, -0.05) is 41.4 Å². The van der Waals surface area contributed by atoms with Crippen LogP contribution in [-0.4, -0.2) is 38.3 Å². The minimum Gasteiger partial charge on any atom is -0.355 e. The van der Waals surface area contributed by atoms with Gasteiger partial charge in [-0.2, -0.15) is 0 Å². The number of carbonyl (C=O) groups excluding carboxylic acids is 1. The molecule has 0 aliphatic carbocycles. The number of amides is 1. The van der Waals surface area contributed by atoms with Crippen LogP contribution in [0.25, 0.3) is 0 Å². The Morgan fingerprint density at radius 2 is 1.90 bits per heavy atom. The van der Waals surface area contributed by atoms with E-state index >= 15 is 0 Å². The molecule has 0 bridgehead atoms. The molecule has 1 N–H and O–H groups in total. The molecule has 1 aliphatic heterocycles. The zero-order chi connectivity index (χ0) is 21.7. The summed E-state index contributed by atoms with van der Waals surface area (Å²) in [5.41, 5.74) is 1.40. The van der Waals surface area contributed by atoms with Crippen molar-refractivity contribution in [1.82, 2.24) is 9.62 Å². The third kappa shape index (κ3) is 6.17. The summed E-state index contributed by atoms with van der Waals surface area (Å²) in [6, 6.07) is 10.8. The highest BCUT2D eigenvalue weighted by molar-refractivity contribution is 7.88. The normalized spacial score (nSPS) is 17.6. The molecule has 1 fully saturated rings. The van der Waals surface area contributed by atoms with Crippen LogP contribution in [0, 0.1) is 11.7 Å². The Morgan fingerprint density at radius 3 is 2.60 bits per heavy atom. The van der Waals surface area contributed by atoms with Crippen molar-refractivity contribution in [3.63, 3.8) is 0 Å². The number of benzene rings is 2. The Kier molecular flexibility index (Phi) is 7.74. The van der Waals surface area contributed by atoms with Gasteiger partial charge in [-0.05, 0) is 54.7 Å². The highest BCUT2D eigenvalue weighted by Crippen LogP contribution is 2.26. The fourth-order valence-electron chi connectivity index (χ4n) is 3.46. The summed E-state index contributed by atoms with van der Waals surface area (Å²) in [6.45, 7) is 0.941. The van der Waals surface area contributed by atoms with E-state index in [2.05, 4.69) is 5.32 Å². The van der Waals surface area contributed by atoms with Crippen molar-refractivity contribution in [2.45, 2.75) is 25.0 Å². The number of halogens is 3. The average Bonchev–Trinajstić information content (AvgIpc) is 2.71. The number of sulfonamides is 1. The molecule has 1 heterocycles. The van der Waals surface area contributed by atoms with Gasteiger partial charge in [0.25, 0.3) is 0 Å². The second-order valence-electron chi connectivity index (χ2n) is 7.36. The summed E-state index contributed by atoms with van der Waals surface area (Å²) in [6.07, 6.45) is 1.83. The number of nitrogens with one attached hydrogen (secondary N) is 1. The third-order valence-electron chi connectivity index (χ3n) is 5.13. The van der Waals surface area contributed by atoms with E-state index in [0.29, 0.717) is 48.0 Å². The van der Waals surface area contributed by atoms with Gasteiger partial charge in [0.15, 0.2) is 0 Å². The monoisotopic (exact) mass is 472 g/mol. The molecule has 3 rings (SSSR count). The van der Waals surface area contributed by atoms with Gasteiger partial charge in [0.2, 0.25) is 15.9 Å². The molecule has 162 valence electrons. The maximum Gasteiger partial charge on any atom is 0.224 e. The van der Waals surface area contributed by atoms with Crippen LogP contribution in [0.4, 0.5) is 4.39 Å². The molecular formula is C21H23Cl2FN2O3S. The summed E-state index contributed by atoms with van der Waals surface area (Å²) in [4.78, 5) is 12.5. The molecule has 30 heavy (non-hydrogen) atoms. The topological polar surface area (TPSA) is 66.5 Å². The van der Waals surface area contributed by atoms with E-state index in [0.717, 1.165) is 5.56 Å². The molecule has 1 aliphatic rings. The maximum absolute atomic E-state index is 13.0. The van der Waals surface area contributed by atoms with Crippen molar-refractivity contribution in [2.75, 3.05) is 19.6 Å². The average molecular weight is 473 g/mol. The lowest BCUT2D eigenvalue weighted by atomic mass is 9.99. The predicted octanol–water partition coefficient (Wildman–Crippen LogP) is 4.03. The van der Waals surface area contributed by atoms with E-state index in [4.69, 9.17) is 23.2 Å². The van der Waals surface area contributed by atoms with Gasteiger partial charge in [0, 0.05) is 29.7 Å². The van der Waals surface area contributed by atoms with Crippen LogP contribution in [0.5, 0.6) is 0 Å². The Bertz CT molecular complexity index is 1000. The van der Waals surface area contributed by atoms with Crippen molar-refractivity contribution in [1.29, 1.82) is 0 Å². The van der Waals surface area contributed by atoms with Gasteiger partial charge in [-0.15, -0.1) is 0 Å². The fraction of sp³-hybridized carbons (Fsp3) is 0.381. The molecule has 0 spiro atoms. The number of hydrogen-bond donors (Lipinski definition) is 1. The fourth-order valence-corrected chi connectivity index (χ4v) is 5.66. The van der Waals surface area contributed by atoms with Crippen LogP contribution in [0.15, 0.2) is 42.5 Å². The minimum atomic E-state index is -3.62. The first kappa shape index (κ1) is 23.0. The lowest BCUT2D eigenvalue weighted by Gasteiger charge is -2.31. The number of nitrogens with zero attached hydrogens (tertiary/aromatic N) is 1. The van der Waals surface area contributed by atoms with Gasteiger partial charge < -0.3 is 5.32 Å². The van der Waals surface area contributed by atoms with Crippen molar-refractivity contribution in [3.8, 4) is 0 Å². The summed E-state index contributed by atoms with van der Waals surface area (Å²) in [5.74, 6) is -1.10. The Hall–Kier alpha value is -1.67. The molecule has 1 atom stereocenters. The van der Waals surface area contributed by atoms with Crippen LogP contribution in [0.2, 0.25) is 10.0 Å².